The van der Waals surface area contributed by atoms with Crippen molar-refractivity contribution < 1.29 is 4.79 Å². The van der Waals surface area contributed by atoms with Gasteiger partial charge in [0.05, 0.1) is 6.54 Å². The zero-order valence-corrected chi connectivity index (χ0v) is 24.6. The molecule has 1 amide bonds. The average molecular weight is 566 g/mol. The number of hydrogen-bond acceptors (Lipinski definition) is 3. The van der Waals surface area contributed by atoms with Gasteiger partial charge in [-0.1, -0.05) is 115 Å². The van der Waals surface area contributed by atoms with Crippen LogP contribution in [-0.4, -0.2) is 43.5 Å². The summed E-state index contributed by atoms with van der Waals surface area (Å²) in [6, 6.07) is 50.1. The number of benzene rings is 5. The SMILES string of the molecule is O=C(c1cccc(N2CCN(CCC(c3ccccc3)c3ccccc3)CC2)c1)N(Cc1ccccc1)c1ccccc1. The second-order valence-electron chi connectivity index (χ2n) is 11.3. The van der Waals surface area contributed by atoms with Gasteiger partial charge in [-0.05, 0) is 60.0 Å². The predicted octanol–water partition coefficient (Wildman–Crippen LogP) is 7.88. The number of piperazine rings is 1. The van der Waals surface area contributed by atoms with Gasteiger partial charge in [0.15, 0.2) is 0 Å². The van der Waals surface area contributed by atoms with E-state index in [4.69, 9.17) is 0 Å². The third-order valence-corrected chi connectivity index (χ3v) is 8.46. The Labute approximate surface area is 255 Å². The summed E-state index contributed by atoms with van der Waals surface area (Å²) >= 11 is 0. The van der Waals surface area contributed by atoms with E-state index in [0.717, 1.165) is 56.1 Å². The summed E-state index contributed by atoms with van der Waals surface area (Å²) in [6.07, 6.45) is 1.09. The fraction of sp³-hybridized carbons (Fsp3) is 0.205. The number of amides is 1. The van der Waals surface area contributed by atoms with E-state index >= 15 is 0 Å². The Balaban J connectivity index is 1.11. The fourth-order valence-electron chi connectivity index (χ4n) is 6.08. The highest BCUT2D eigenvalue weighted by atomic mass is 16.2. The maximum atomic E-state index is 13.9. The molecule has 1 heterocycles. The van der Waals surface area contributed by atoms with Crippen LogP contribution in [0.15, 0.2) is 146 Å². The maximum Gasteiger partial charge on any atom is 0.258 e. The minimum Gasteiger partial charge on any atom is -0.369 e. The molecule has 1 aliphatic heterocycles. The van der Waals surface area contributed by atoms with Crippen LogP contribution in [0.4, 0.5) is 11.4 Å². The lowest BCUT2D eigenvalue weighted by atomic mass is 9.88. The number of rotatable bonds is 10. The van der Waals surface area contributed by atoms with Gasteiger partial charge in [-0.15, -0.1) is 0 Å². The Morgan fingerprint density at radius 3 is 1.79 bits per heavy atom. The van der Waals surface area contributed by atoms with E-state index in [9.17, 15) is 4.79 Å². The van der Waals surface area contributed by atoms with Gasteiger partial charge < -0.3 is 9.80 Å². The zero-order chi connectivity index (χ0) is 29.3. The Kier molecular flexibility index (Phi) is 9.26. The highest BCUT2D eigenvalue weighted by Gasteiger charge is 2.22. The number of hydrogen-bond donors (Lipinski definition) is 0. The Morgan fingerprint density at radius 2 is 1.19 bits per heavy atom. The van der Waals surface area contributed by atoms with Gasteiger partial charge >= 0.3 is 0 Å². The molecule has 0 bridgehead atoms. The molecule has 6 rings (SSSR count). The first-order valence-corrected chi connectivity index (χ1v) is 15.3. The van der Waals surface area contributed by atoms with Crippen molar-refractivity contribution in [2.45, 2.75) is 18.9 Å². The van der Waals surface area contributed by atoms with Crippen molar-refractivity contribution in [3.63, 3.8) is 0 Å². The van der Waals surface area contributed by atoms with E-state index in [1.165, 1.54) is 11.1 Å². The lowest BCUT2D eigenvalue weighted by Crippen LogP contribution is -2.46. The van der Waals surface area contributed by atoms with Gasteiger partial charge in [-0.2, -0.15) is 0 Å². The van der Waals surface area contributed by atoms with Gasteiger partial charge in [0.2, 0.25) is 0 Å². The molecule has 0 N–H and O–H groups in total. The molecule has 0 atom stereocenters. The normalized spacial score (nSPS) is 13.7. The number of nitrogens with zero attached hydrogens (tertiary/aromatic N) is 3. The van der Waals surface area contributed by atoms with Gasteiger partial charge in [0.1, 0.15) is 0 Å². The summed E-state index contributed by atoms with van der Waals surface area (Å²) in [5, 5.41) is 0. The summed E-state index contributed by atoms with van der Waals surface area (Å²) in [5.74, 6) is 0.412. The Morgan fingerprint density at radius 1 is 0.628 bits per heavy atom. The molecule has 0 radical (unpaired) electrons. The molecule has 1 fully saturated rings. The molecule has 1 saturated heterocycles. The van der Waals surface area contributed by atoms with Crippen LogP contribution in [0.1, 0.15) is 39.4 Å². The van der Waals surface area contributed by atoms with Crippen molar-refractivity contribution in [1.29, 1.82) is 0 Å². The van der Waals surface area contributed by atoms with Crippen LogP contribution < -0.4 is 9.80 Å². The maximum absolute atomic E-state index is 13.9. The minimum atomic E-state index is 0.0170. The summed E-state index contributed by atoms with van der Waals surface area (Å²) in [5.41, 5.74) is 6.60. The van der Waals surface area contributed by atoms with Crippen molar-refractivity contribution in [2.75, 3.05) is 42.5 Å². The summed E-state index contributed by atoms with van der Waals surface area (Å²) in [4.78, 5) is 20.8. The van der Waals surface area contributed by atoms with Crippen molar-refractivity contribution in [3.05, 3.63) is 168 Å². The standard InChI is InChI=1S/C39H39N3O/c43-39(42(36-21-11-4-12-22-36)31-32-14-5-1-6-15-32)35-20-13-23-37(30-35)41-28-26-40(27-29-41)25-24-38(33-16-7-2-8-17-33)34-18-9-3-10-19-34/h1-23,30,38H,24-29,31H2. The summed E-state index contributed by atoms with van der Waals surface area (Å²) < 4.78 is 0. The fourth-order valence-corrected chi connectivity index (χ4v) is 6.08. The van der Waals surface area contributed by atoms with E-state index < -0.39 is 0 Å². The first-order chi connectivity index (χ1) is 21.2. The highest BCUT2D eigenvalue weighted by Crippen LogP contribution is 2.29. The lowest BCUT2D eigenvalue weighted by Gasteiger charge is -2.37. The molecule has 0 spiro atoms. The van der Waals surface area contributed by atoms with Crippen LogP contribution in [0.2, 0.25) is 0 Å². The van der Waals surface area contributed by atoms with Crippen molar-refractivity contribution >= 4 is 17.3 Å². The quantitative estimate of drug-likeness (QED) is 0.172. The largest absolute Gasteiger partial charge is 0.369 e. The molecule has 216 valence electrons. The molecule has 5 aromatic rings. The van der Waals surface area contributed by atoms with Crippen molar-refractivity contribution in [1.82, 2.24) is 4.90 Å². The number of anilines is 2. The molecular weight excluding hydrogens is 526 g/mol. The molecule has 4 heteroatoms. The highest BCUT2D eigenvalue weighted by molar-refractivity contribution is 6.06. The second-order valence-corrected chi connectivity index (χ2v) is 11.3. The lowest BCUT2D eigenvalue weighted by molar-refractivity contribution is 0.0985. The molecule has 1 aliphatic rings. The van der Waals surface area contributed by atoms with Crippen LogP contribution in [0, 0.1) is 0 Å². The van der Waals surface area contributed by atoms with Crippen molar-refractivity contribution in [3.8, 4) is 0 Å². The molecule has 4 nitrogen and oxygen atoms in total. The smallest absolute Gasteiger partial charge is 0.258 e. The molecule has 0 unspecified atom stereocenters. The van der Waals surface area contributed by atoms with E-state index in [-0.39, 0.29) is 5.91 Å². The van der Waals surface area contributed by atoms with Gasteiger partial charge in [0, 0.05) is 49.0 Å². The van der Waals surface area contributed by atoms with E-state index in [2.05, 4.69) is 94.7 Å². The predicted molar refractivity (Wildman–Crippen MR) is 178 cm³/mol. The van der Waals surface area contributed by atoms with Gasteiger partial charge in [-0.3, -0.25) is 9.69 Å². The number of carbonyl (C=O) groups excluding carboxylic acids is 1. The molecule has 0 aromatic heterocycles. The van der Waals surface area contributed by atoms with Crippen LogP contribution in [0.25, 0.3) is 0 Å². The minimum absolute atomic E-state index is 0.0170. The first kappa shape index (κ1) is 28.4. The third-order valence-electron chi connectivity index (χ3n) is 8.46. The number of para-hydroxylation sites is 1. The molecule has 43 heavy (non-hydrogen) atoms. The average Bonchev–Trinajstić information content (AvgIpc) is 3.09. The molecular formula is C39H39N3O. The molecule has 0 saturated carbocycles. The zero-order valence-electron chi connectivity index (χ0n) is 24.6. The Bertz CT molecular complexity index is 1530. The first-order valence-electron chi connectivity index (χ1n) is 15.3. The van der Waals surface area contributed by atoms with Crippen LogP contribution in [0.5, 0.6) is 0 Å². The second kappa shape index (κ2) is 14.0. The van der Waals surface area contributed by atoms with Crippen LogP contribution >= 0.6 is 0 Å². The summed E-state index contributed by atoms with van der Waals surface area (Å²) in [6.45, 7) is 5.51. The Hall–Kier alpha value is -4.67. The summed E-state index contributed by atoms with van der Waals surface area (Å²) in [7, 11) is 0. The van der Waals surface area contributed by atoms with Crippen LogP contribution in [0.3, 0.4) is 0 Å². The molecule has 0 aliphatic carbocycles. The van der Waals surface area contributed by atoms with E-state index in [0.29, 0.717) is 18.0 Å². The van der Waals surface area contributed by atoms with E-state index in [1.807, 2.05) is 65.6 Å². The monoisotopic (exact) mass is 565 g/mol. The van der Waals surface area contributed by atoms with Gasteiger partial charge in [0.25, 0.3) is 5.91 Å². The topological polar surface area (TPSA) is 26.8 Å². The van der Waals surface area contributed by atoms with Crippen molar-refractivity contribution in [2.24, 2.45) is 0 Å². The third kappa shape index (κ3) is 7.22. The van der Waals surface area contributed by atoms with Crippen LogP contribution in [-0.2, 0) is 6.54 Å². The van der Waals surface area contributed by atoms with Gasteiger partial charge in [-0.25, -0.2) is 0 Å². The molecule has 5 aromatic carbocycles. The number of carbonyl (C=O) groups is 1. The van der Waals surface area contributed by atoms with E-state index in [1.54, 1.807) is 0 Å².